The van der Waals surface area contributed by atoms with Crippen molar-refractivity contribution in [2.75, 3.05) is 0 Å². The molecule has 0 saturated heterocycles. The highest BCUT2D eigenvalue weighted by atomic mass is 79.9. The molecular weight excluding hydrogens is 452 g/mol. The van der Waals surface area contributed by atoms with Crippen LogP contribution < -0.4 is 10.3 Å². The van der Waals surface area contributed by atoms with Crippen molar-refractivity contribution >= 4 is 38.7 Å². The van der Waals surface area contributed by atoms with Crippen molar-refractivity contribution in [1.82, 2.24) is 9.66 Å². The first-order chi connectivity index (χ1) is 14.2. The van der Waals surface area contributed by atoms with Gasteiger partial charge in [-0.05, 0) is 38.1 Å². The number of nitro groups is 1. The highest BCUT2D eigenvalue weighted by molar-refractivity contribution is 9.10. The van der Waals surface area contributed by atoms with Crippen molar-refractivity contribution in [2.24, 2.45) is 5.10 Å². The molecule has 0 saturated carbocycles. The van der Waals surface area contributed by atoms with Crippen LogP contribution in [0.1, 0.15) is 45.0 Å². The first-order valence-electron chi connectivity index (χ1n) is 9.39. The van der Waals surface area contributed by atoms with Crippen LogP contribution >= 0.6 is 15.9 Å². The van der Waals surface area contributed by atoms with Gasteiger partial charge in [0.15, 0.2) is 0 Å². The summed E-state index contributed by atoms with van der Waals surface area (Å²) in [4.78, 5) is 28.6. The zero-order chi connectivity index (χ0) is 22.0. The van der Waals surface area contributed by atoms with Crippen LogP contribution in [0, 0.1) is 10.1 Å². The van der Waals surface area contributed by atoms with Gasteiger partial charge in [-0.1, -0.05) is 35.8 Å². The lowest BCUT2D eigenvalue weighted by Gasteiger charge is -2.13. The molecule has 0 aliphatic carbocycles. The van der Waals surface area contributed by atoms with Gasteiger partial charge in [0, 0.05) is 22.0 Å². The van der Waals surface area contributed by atoms with Gasteiger partial charge in [-0.2, -0.15) is 9.78 Å². The van der Waals surface area contributed by atoms with Gasteiger partial charge in [-0.3, -0.25) is 14.9 Å². The molecule has 0 aliphatic heterocycles. The normalized spacial score (nSPS) is 11.7. The average molecular weight is 473 g/mol. The highest BCUT2D eigenvalue weighted by Gasteiger charge is 2.20. The topological polar surface area (TPSA) is 99.6 Å². The SMILES string of the molecule is CC(C)Oc1c(C=Nn2c(C(C)C)nc3ccc(Br)cc3c2=O)cccc1[N+](=O)[O-]. The molecule has 0 bridgehead atoms. The molecule has 156 valence electrons. The van der Waals surface area contributed by atoms with E-state index in [0.29, 0.717) is 22.3 Å². The Morgan fingerprint density at radius 1 is 1.23 bits per heavy atom. The lowest BCUT2D eigenvalue weighted by atomic mass is 10.1. The fourth-order valence-electron chi connectivity index (χ4n) is 2.92. The molecule has 0 unspecified atom stereocenters. The zero-order valence-corrected chi connectivity index (χ0v) is 18.6. The number of fused-ring (bicyclic) bond motifs is 1. The number of nitro benzene ring substituents is 1. The number of aromatic nitrogens is 2. The molecule has 30 heavy (non-hydrogen) atoms. The van der Waals surface area contributed by atoms with Gasteiger partial charge in [0.1, 0.15) is 5.82 Å². The van der Waals surface area contributed by atoms with Gasteiger partial charge in [0.25, 0.3) is 5.56 Å². The standard InChI is InChI=1S/C21H21BrN4O4/c1-12(2)20-24-17-9-8-15(22)10-16(17)21(27)25(20)23-11-14-6-5-7-18(26(28)29)19(14)30-13(3)4/h5-13H,1-4H3. The second-order valence-electron chi connectivity index (χ2n) is 7.27. The summed E-state index contributed by atoms with van der Waals surface area (Å²) in [7, 11) is 0. The molecule has 1 heterocycles. The van der Waals surface area contributed by atoms with Crippen molar-refractivity contribution in [3.63, 3.8) is 0 Å². The summed E-state index contributed by atoms with van der Waals surface area (Å²) in [6, 6.07) is 9.87. The number of hydrogen-bond donors (Lipinski definition) is 0. The summed E-state index contributed by atoms with van der Waals surface area (Å²) < 4.78 is 7.67. The summed E-state index contributed by atoms with van der Waals surface area (Å²) in [6.07, 6.45) is 1.12. The quantitative estimate of drug-likeness (QED) is 0.289. The highest BCUT2D eigenvalue weighted by Crippen LogP contribution is 2.31. The molecule has 2 aromatic carbocycles. The molecule has 0 N–H and O–H groups in total. The lowest BCUT2D eigenvalue weighted by molar-refractivity contribution is -0.386. The van der Waals surface area contributed by atoms with Gasteiger partial charge in [0.2, 0.25) is 5.75 Å². The van der Waals surface area contributed by atoms with Gasteiger partial charge < -0.3 is 4.74 Å². The molecule has 0 amide bonds. The maximum absolute atomic E-state index is 13.1. The second-order valence-corrected chi connectivity index (χ2v) is 8.18. The van der Waals surface area contributed by atoms with Crippen LogP contribution in [0.15, 0.2) is 50.8 Å². The van der Waals surface area contributed by atoms with Crippen molar-refractivity contribution < 1.29 is 9.66 Å². The van der Waals surface area contributed by atoms with E-state index >= 15 is 0 Å². The molecular formula is C21H21BrN4O4. The Labute approximate surface area is 181 Å². The van der Waals surface area contributed by atoms with Crippen LogP contribution in [0.3, 0.4) is 0 Å². The Bertz CT molecular complexity index is 1200. The maximum atomic E-state index is 13.1. The maximum Gasteiger partial charge on any atom is 0.311 e. The molecule has 3 aromatic rings. The number of benzene rings is 2. The molecule has 0 radical (unpaired) electrons. The predicted molar refractivity (Wildman–Crippen MR) is 120 cm³/mol. The predicted octanol–water partition coefficient (Wildman–Crippen LogP) is 4.86. The Morgan fingerprint density at radius 2 is 1.97 bits per heavy atom. The van der Waals surface area contributed by atoms with Gasteiger partial charge in [0.05, 0.1) is 28.1 Å². The van der Waals surface area contributed by atoms with Crippen LogP contribution in [0.2, 0.25) is 0 Å². The molecule has 9 heteroatoms. The van der Waals surface area contributed by atoms with E-state index in [0.717, 1.165) is 4.47 Å². The summed E-state index contributed by atoms with van der Waals surface area (Å²) in [5, 5.41) is 16.2. The third-order valence-corrected chi connectivity index (χ3v) is 4.73. The molecule has 8 nitrogen and oxygen atoms in total. The Kier molecular flexibility index (Phi) is 6.31. The third-order valence-electron chi connectivity index (χ3n) is 4.24. The minimum Gasteiger partial charge on any atom is -0.484 e. The van der Waals surface area contributed by atoms with E-state index < -0.39 is 4.92 Å². The second kappa shape index (κ2) is 8.74. The van der Waals surface area contributed by atoms with Crippen molar-refractivity contribution in [1.29, 1.82) is 0 Å². The number of ether oxygens (including phenoxy) is 1. The van der Waals surface area contributed by atoms with E-state index in [2.05, 4.69) is 26.0 Å². The Morgan fingerprint density at radius 3 is 2.60 bits per heavy atom. The van der Waals surface area contributed by atoms with Crippen LogP contribution in [0.5, 0.6) is 5.75 Å². The molecule has 0 spiro atoms. The lowest BCUT2D eigenvalue weighted by Crippen LogP contribution is -2.23. The molecule has 3 rings (SSSR count). The molecule has 0 atom stereocenters. The fourth-order valence-corrected chi connectivity index (χ4v) is 3.28. The van der Waals surface area contributed by atoms with Crippen LogP contribution in [0.4, 0.5) is 5.69 Å². The molecule has 0 fully saturated rings. The summed E-state index contributed by atoms with van der Waals surface area (Å²) in [6.45, 7) is 7.40. The smallest absolute Gasteiger partial charge is 0.311 e. The van der Waals surface area contributed by atoms with Crippen molar-refractivity contribution in [3.8, 4) is 5.75 Å². The monoisotopic (exact) mass is 472 g/mol. The van der Waals surface area contributed by atoms with Gasteiger partial charge in [-0.25, -0.2) is 4.98 Å². The summed E-state index contributed by atoms with van der Waals surface area (Å²) in [5.74, 6) is 0.527. The number of nitrogens with zero attached hydrogens (tertiary/aromatic N) is 4. The first-order valence-corrected chi connectivity index (χ1v) is 10.2. The summed E-state index contributed by atoms with van der Waals surface area (Å²) >= 11 is 3.37. The van der Waals surface area contributed by atoms with Crippen molar-refractivity contribution in [3.05, 3.63) is 72.7 Å². The average Bonchev–Trinajstić information content (AvgIpc) is 2.67. The number of hydrogen-bond acceptors (Lipinski definition) is 6. The summed E-state index contributed by atoms with van der Waals surface area (Å²) in [5.41, 5.74) is 0.494. The first kappa shape index (κ1) is 21.6. The minimum absolute atomic E-state index is 0.0700. The molecule has 1 aromatic heterocycles. The number of rotatable bonds is 6. The van der Waals surface area contributed by atoms with Gasteiger partial charge in [-0.15, -0.1) is 0 Å². The van der Waals surface area contributed by atoms with Crippen molar-refractivity contribution in [2.45, 2.75) is 39.7 Å². The van der Waals surface area contributed by atoms with E-state index in [1.165, 1.54) is 17.0 Å². The van der Waals surface area contributed by atoms with Crippen LogP contribution in [-0.4, -0.2) is 26.9 Å². The Balaban J connectivity index is 2.20. The third kappa shape index (κ3) is 4.40. The largest absolute Gasteiger partial charge is 0.484 e. The van der Waals surface area contributed by atoms with E-state index in [9.17, 15) is 14.9 Å². The van der Waals surface area contributed by atoms with Gasteiger partial charge >= 0.3 is 5.69 Å². The number of para-hydroxylation sites is 1. The fraction of sp³-hybridized carbons (Fsp3) is 0.286. The van der Waals surface area contributed by atoms with E-state index in [1.54, 1.807) is 38.1 Å². The van der Waals surface area contributed by atoms with E-state index in [4.69, 9.17) is 4.74 Å². The zero-order valence-electron chi connectivity index (χ0n) is 17.0. The van der Waals surface area contributed by atoms with Crippen LogP contribution in [-0.2, 0) is 0 Å². The van der Waals surface area contributed by atoms with E-state index in [1.807, 2.05) is 19.9 Å². The minimum atomic E-state index is -0.504. The van der Waals surface area contributed by atoms with E-state index in [-0.39, 0.29) is 29.0 Å². The number of halogens is 1. The Hall–Kier alpha value is -3.07. The molecule has 0 aliphatic rings. The van der Waals surface area contributed by atoms with Crippen LogP contribution in [0.25, 0.3) is 10.9 Å².